The van der Waals surface area contributed by atoms with Crippen LogP contribution >= 0.6 is 39.3 Å². The Bertz CT molecular complexity index is 1040. The molecule has 0 aliphatic carbocycles. The van der Waals surface area contributed by atoms with E-state index in [-0.39, 0.29) is 12.3 Å². The van der Waals surface area contributed by atoms with Crippen molar-refractivity contribution in [1.82, 2.24) is 14.7 Å². The van der Waals surface area contributed by atoms with Crippen LogP contribution in [0.5, 0.6) is 0 Å². The number of piperidine rings is 1. The summed E-state index contributed by atoms with van der Waals surface area (Å²) in [7, 11) is 0. The number of fused-ring (bicyclic) bond motifs is 1. The minimum absolute atomic E-state index is 0.00229. The van der Waals surface area contributed by atoms with Gasteiger partial charge in [0.15, 0.2) is 6.23 Å². The van der Waals surface area contributed by atoms with Crippen LogP contribution in [0.1, 0.15) is 77.5 Å². The number of benzene rings is 1. The number of carbonyl (C=O) groups excluding carboxylic acids is 1. The van der Waals surface area contributed by atoms with Crippen LogP contribution in [0.2, 0.25) is 5.02 Å². The van der Waals surface area contributed by atoms with Gasteiger partial charge in [-0.3, -0.25) is 0 Å². The van der Waals surface area contributed by atoms with Crippen molar-refractivity contribution in [1.29, 1.82) is 0 Å². The third-order valence-corrected chi connectivity index (χ3v) is 9.33. The molecule has 6 nitrogen and oxygen atoms in total. The highest BCUT2D eigenvalue weighted by molar-refractivity contribution is 9.10. The van der Waals surface area contributed by atoms with Gasteiger partial charge in [-0.1, -0.05) is 11.6 Å². The van der Waals surface area contributed by atoms with Crippen LogP contribution in [0.4, 0.5) is 4.79 Å². The normalized spacial score (nSPS) is 21.2. The molecule has 0 spiro atoms. The number of ether oxygens (including phenoxy) is 2. The van der Waals surface area contributed by atoms with Gasteiger partial charge in [0, 0.05) is 34.6 Å². The Hall–Kier alpha value is -0.960. The van der Waals surface area contributed by atoms with Crippen LogP contribution in [0.3, 0.4) is 0 Å². The Balaban J connectivity index is 1.22. The van der Waals surface area contributed by atoms with Crippen molar-refractivity contribution in [3.05, 3.63) is 27.3 Å². The quantitative estimate of drug-likeness (QED) is 0.289. The monoisotopic (exact) mass is 599 g/mol. The molecular formula is C27H39BrClN3O3S. The predicted octanol–water partition coefficient (Wildman–Crippen LogP) is 7.85. The summed E-state index contributed by atoms with van der Waals surface area (Å²) >= 11 is 12.6. The largest absolute Gasteiger partial charge is 0.444 e. The van der Waals surface area contributed by atoms with Gasteiger partial charge in [-0.15, -0.1) is 0 Å². The van der Waals surface area contributed by atoms with Crippen LogP contribution in [-0.4, -0.2) is 57.6 Å². The van der Waals surface area contributed by atoms with Gasteiger partial charge in [-0.25, -0.2) is 9.48 Å². The van der Waals surface area contributed by atoms with Crippen LogP contribution in [0.15, 0.2) is 16.7 Å². The first-order valence-electron chi connectivity index (χ1n) is 13.2. The molecule has 0 bridgehead atoms. The van der Waals surface area contributed by atoms with Crippen molar-refractivity contribution in [2.24, 2.45) is 5.92 Å². The number of hydrogen-bond acceptors (Lipinski definition) is 5. The van der Waals surface area contributed by atoms with Gasteiger partial charge in [0.2, 0.25) is 0 Å². The molecule has 1 aromatic carbocycles. The minimum Gasteiger partial charge on any atom is -0.444 e. The van der Waals surface area contributed by atoms with Gasteiger partial charge in [0.05, 0.1) is 11.7 Å². The minimum atomic E-state index is -0.439. The lowest BCUT2D eigenvalue weighted by Crippen LogP contribution is -2.43. The number of aromatic nitrogens is 2. The number of unbranched alkanes of at least 4 members (excludes halogenated alkanes) is 1. The van der Waals surface area contributed by atoms with E-state index in [0.29, 0.717) is 5.92 Å². The summed E-state index contributed by atoms with van der Waals surface area (Å²) < 4.78 is 14.5. The molecule has 2 atom stereocenters. The fraction of sp³-hybridized carbons (Fsp3) is 0.704. The second kappa shape index (κ2) is 12.7. The Morgan fingerprint density at radius 1 is 1.28 bits per heavy atom. The lowest BCUT2D eigenvalue weighted by molar-refractivity contribution is -0.0366. The number of nitrogens with zero attached hydrogens (tertiary/aromatic N) is 3. The first-order chi connectivity index (χ1) is 17.2. The first kappa shape index (κ1) is 28.1. The fourth-order valence-corrected chi connectivity index (χ4v) is 7.29. The highest BCUT2D eigenvalue weighted by atomic mass is 79.9. The molecule has 2 fully saturated rings. The number of rotatable bonds is 8. The van der Waals surface area contributed by atoms with Crippen LogP contribution in [-0.2, 0) is 15.9 Å². The smallest absolute Gasteiger partial charge is 0.410 e. The maximum absolute atomic E-state index is 12.4. The van der Waals surface area contributed by atoms with Crippen molar-refractivity contribution >= 4 is 56.3 Å². The number of hydrogen-bond donors (Lipinski definition) is 0. The standard InChI is InChI=1S/C27H39BrClN3O3S/c1-27(2,3)35-26(33)31-12-8-9-19(17-31)18-36-14-7-5-10-20-22(29)15-23-21(25(20)28)16-30-32(23)24-11-4-6-13-34-24/h15-16,19,24H,4-14,17-18H2,1-3H3/t19-,24?/m1/s1. The SMILES string of the molecule is CC(C)(C)OC(=O)N1CCC[C@@H](CSCCCCc2c(Cl)cc3c(cnn3C3CCCCO3)c2Br)C1. The number of thioether (sulfide) groups is 1. The molecule has 200 valence electrons. The summed E-state index contributed by atoms with van der Waals surface area (Å²) in [6, 6.07) is 2.05. The molecule has 2 aliphatic heterocycles. The summed E-state index contributed by atoms with van der Waals surface area (Å²) in [5.74, 6) is 2.77. The maximum atomic E-state index is 12.4. The van der Waals surface area contributed by atoms with E-state index in [1.807, 2.05) is 48.3 Å². The third kappa shape index (κ3) is 7.33. The first-order valence-corrected chi connectivity index (χ1v) is 15.6. The second-order valence-electron chi connectivity index (χ2n) is 11.0. The molecule has 0 N–H and O–H groups in total. The highest BCUT2D eigenvalue weighted by Crippen LogP contribution is 2.36. The molecule has 4 rings (SSSR count). The number of halogens is 2. The lowest BCUT2D eigenvalue weighted by atomic mass is 10.0. The zero-order chi connectivity index (χ0) is 25.7. The molecule has 0 saturated carbocycles. The van der Waals surface area contributed by atoms with E-state index in [1.165, 1.54) is 18.4 Å². The molecule has 2 saturated heterocycles. The molecule has 1 amide bonds. The van der Waals surface area contributed by atoms with E-state index < -0.39 is 5.60 Å². The second-order valence-corrected chi connectivity index (χ2v) is 13.3. The lowest BCUT2D eigenvalue weighted by Gasteiger charge is -2.34. The van der Waals surface area contributed by atoms with Crippen molar-refractivity contribution in [3.63, 3.8) is 0 Å². The summed E-state index contributed by atoms with van der Waals surface area (Å²) in [6.07, 6.45) is 10.5. The summed E-state index contributed by atoms with van der Waals surface area (Å²) in [5.41, 5.74) is 1.76. The van der Waals surface area contributed by atoms with Gasteiger partial charge in [-0.2, -0.15) is 16.9 Å². The summed E-state index contributed by atoms with van der Waals surface area (Å²) in [5, 5.41) is 6.53. The Labute approximate surface area is 232 Å². The molecule has 3 heterocycles. The van der Waals surface area contributed by atoms with Crippen LogP contribution in [0.25, 0.3) is 10.9 Å². The summed E-state index contributed by atoms with van der Waals surface area (Å²) in [6.45, 7) is 8.18. The average Bonchev–Trinajstić information content (AvgIpc) is 3.26. The molecule has 0 radical (unpaired) electrons. The molecular weight excluding hydrogens is 562 g/mol. The average molecular weight is 601 g/mol. The van der Waals surface area contributed by atoms with Crippen LogP contribution in [0, 0.1) is 5.92 Å². The van der Waals surface area contributed by atoms with Crippen molar-refractivity contribution in [3.8, 4) is 0 Å². The van der Waals surface area contributed by atoms with E-state index in [9.17, 15) is 4.79 Å². The van der Waals surface area contributed by atoms with E-state index in [1.54, 1.807) is 0 Å². The highest BCUT2D eigenvalue weighted by Gasteiger charge is 2.27. The van der Waals surface area contributed by atoms with E-state index in [0.717, 1.165) is 90.1 Å². The van der Waals surface area contributed by atoms with Crippen LogP contribution < -0.4 is 0 Å². The molecule has 1 aromatic heterocycles. The van der Waals surface area contributed by atoms with E-state index in [2.05, 4.69) is 27.1 Å². The van der Waals surface area contributed by atoms with Gasteiger partial charge < -0.3 is 14.4 Å². The molecule has 36 heavy (non-hydrogen) atoms. The zero-order valence-electron chi connectivity index (χ0n) is 21.7. The fourth-order valence-electron chi connectivity index (χ4n) is 4.98. The maximum Gasteiger partial charge on any atom is 0.410 e. The van der Waals surface area contributed by atoms with Gasteiger partial charge in [-0.05, 0) is 117 Å². The topological polar surface area (TPSA) is 56.6 Å². The number of likely N-dealkylation sites (tertiary alicyclic amines) is 1. The van der Waals surface area contributed by atoms with Gasteiger partial charge in [0.25, 0.3) is 0 Å². The van der Waals surface area contributed by atoms with Gasteiger partial charge in [0.1, 0.15) is 5.60 Å². The molecule has 9 heteroatoms. The molecule has 2 aromatic rings. The van der Waals surface area contributed by atoms with E-state index >= 15 is 0 Å². The van der Waals surface area contributed by atoms with Crippen molar-refractivity contribution in [2.75, 3.05) is 31.2 Å². The Kier molecular flexibility index (Phi) is 9.92. The van der Waals surface area contributed by atoms with E-state index in [4.69, 9.17) is 21.1 Å². The number of carbonyl (C=O) groups is 1. The predicted molar refractivity (Wildman–Crippen MR) is 152 cm³/mol. The van der Waals surface area contributed by atoms with Gasteiger partial charge >= 0.3 is 6.09 Å². The van der Waals surface area contributed by atoms with Crippen molar-refractivity contribution < 1.29 is 14.3 Å². The van der Waals surface area contributed by atoms with Crippen molar-refractivity contribution in [2.45, 2.75) is 84.0 Å². The third-order valence-electron chi connectivity index (χ3n) is 6.81. The zero-order valence-corrected chi connectivity index (χ0v) is 24.9. The Morgan fingerprint density at radius 3 is 2.86 bits per heavy atom. The summed E-state index contributed by atoms with van der Waals surface area (Å²) in [4.78, 5) is 14.3. The number of amides is 1. The Morgan fingerprint density at radius 2 is 2.11 bits per heavy atom. The molecule has 2 aliphatic rings. The molecule has 1 unspecified atom stereocenters.